The van der Waals surface area contributed by atoms with E-state index in [1.54, 1.807) is 23.7 Å². The number of alkyl halides is 2. The number of nitrogens with zero attached hydrogens (tertiary/aromatic N) is 5. The summed E-state index contributed by atoms with van der Waals surface area (Å²) >= 11 is 1.54. The topological polar surface area (TPSA) is 120 Å². The summed E-state index contributed by atoms with van der Waals surface area (Å²) in [7, 11) is 0. The van der Waals surface area contributed by atoms with E-state index in [9.17, 15) is 18.4 Å². The van der Waals surface area contributed by atoms with Crippen molar-refractivity contribution in [3.05, 3.63) is 52.9 Å². The SMILES string of the molecule is Cc1ccc(-c2cnc3c(-n4nncc4C(F)F)cc(C(=O)C[C@@H](C)C(=O)NN)cn23)s1. The molecule has 4 aromatic rings. The quantitative estimate of drug-likeness (QED) is 0.190. The largest absolute Gasteiger partial charge is 0.296 e. The van der Waals surface area contributed by atoms with Crippen LogP contribution < -0.4 is 11.3 Å². The predicted octanol–water partition coefficient (Wildman–Crippen LogP) is 3.09. The minimum Gasteiger partial charge on any atom is -0.296 e. The first-order valence-electron chi connectivity index (χ1n) is 9.60. The van der Waals surface area contributed by atoms with E-state index in [0.717, 1.165) is 20.6 Å². The predicted molar refractivity (Wildman–Crippen MR) is 114 cm³/mol. The molecule has 9 nitrogen and oxygen atoms in total. The fraction of sp³-hybridized carbons (Fsp3) is 0.250. The molecule has 0 spiro atoms. The molecule has 0 fully saturated rings. The molecule has 0 radical (unpaired) electrons. The fourth-order valence-electron chi connectivity index (χ4n) is 3.34. The van der Waals surface area contributed by atoms with E-state index in [1.165, 1.54) is 17.4 Å². The van der Waals surface area contributed by atoms with Crippen LogP contribution in [-0.2, 0) is 4.79 Å². The molecule has 4 heterocycles. The number of nitrogens with two attached hydrogens (primary N) is 1. The third-order valence-electron chi connectivity index (χ3n) is 5.01. The molecule has 4 rings (SSSR count). The Hall–Kier alpha value is -3.51. The van der Waals surface area contributed by atoms with Gasteiger partial charge in [0.25, 0.3) is 6.43 Å². The Balaban J connectivity index is 1.90. The number of halogens is 2. The van der Waals surface area contributed by atoms with E-state index in [-0.39, 0.29) is 23.5 Å². The van der Waals surface area contributed by atoms with E-state index in [2.05, 4.69) is 15.3 Å². The van der Waals surface area contributed by atoms with Crippen molar-refractivity contribution in [1.82, 2.24) is 29.8 Å². The number of carbonyl (C=O) groups excluding carboxylic acids is 2. The Morgan fingerprint density at radius 1 is 1.28 bits per heavy atom. The zero-order valence-corrected chi connectivity index (χ0v) is 17.9. The van der Waals surface area contributed by atoms with Crippen molar-refractivity contribution in [2.75, 3.05) is 0 Å². The fourth-order valence-corrected chi connectivity index (χ4v) is 4.22. The summed E-state index contributed by atoms with van der Waals surface area (Å²) in [5.74, 6) is 3.65. The molecule has 0 unspecified atom stereocenters. The highest BCUT2D eigenvalue weighted by Gasteiger charge is 2.23. The van der Waals surface area contributed by atoms with Crippen LogP contribution in [0.4, 0.5) is 8.78 Å². The van der Waals surface area contributed by atoms with Gasteiger partial charge in [0, 0.05) is 29.0 Å². The van der Waals surface area contributed by atoms with Crippen LogP contribution in [0.3, 0.4) is 0 Å². The average Bonchev–Trinajstić information content (AvgIpc) is 3.51. The standard InChI is InChI=1S/C20H19F2N7O2S/c1-10(20(31)26-23)5-16(30)12-6-13(29-15(18(21)22)8-25-27-29)19-24-7-14(28(19)9-12)17-4-3-11(2)32-17/h3-4,6-10,18H,5,23H2,1-2H3,(H,26,31)/t10-/m1/s1. The van der Waals surface area contributed by atoms with Crippen molar-refractivity contribution in [3.63, 3.8) is 0 Å². The molecule has 0 saturated carbocycles. The number of carbonyl (C=O) groups is 2. The van der Waals surface area contributed by atoms with Gasteiger partial charge in [-0.05, 0) is 25.1 Å². The number of fused-ring (bicyclic) bond motifs is 1. The minimum atomic E-state index is -2.83. The molecule has 0 bridgehead atoms. The second-order valence-corrected chi connectivity index (χ2v) is 8.56. The maximum absolute atomic E-state index is 13.5. The van der Waals surface area contributed by atoms with Gasteiger partial charge in [0.15, 0.2) is 11.4 Å². The molecular weight excluding hydrogens is 440 g/mol. The third kappa shape index (κ3) is 3.89. The number of Topliss-reactive ketones (excluding diaryl/α,β-unsaturated/α-hetero) is 1. The highest BCUT2D eigenvalue weighted by atomic mass is 32.1. The maximum Gasteiger partial charge on any atom is 0.282 e. The Morgan fingerprint density at radius 3 is 2.72 bits per heavy atom. The first-order valence-corrected chi connectivity index (χ1v) is 10.4. The number of rotatable bonds is 7. The average molecular weight is 459 g/mol. The van der Waals surface area contributed by atoms with Gasteiger partial charge in [-0.1, -0.05) is 12.1 Å². The van der Waals surface area contributed by atoms with Crippen molar-refractivity contribution < 1.29 is 18.4 Å². The summed E-state index contributed by atoms with van der Waals surface area (Å²) in [5.41, 5.74) is 3.02. The van der Waals surface area contributed by atoms with Crippen LogP contribution in [0.15, 0.2) is 36.8 Å². The van der Waals surface area contributed by atoms with Crippen LogP contribution in [0.25, 0.3) is 21.9 Å². The van der Waals surface area contributed by atoms with Gasteiger partial charge < -0.3 is 0 Å². The number of aryl methyl sites for hydroxylation is 1. The summed E-state index contributed by atoms with van der Waals surface area (Å²) in [6.45, 7) is 3.54. The first kappa shape index (κ1) is 21.7. The third-order valence-corrected chi connectivity index (χ3v) is 6.03. The lowest BCUT2D eigenvalue weighted by molar-refractivity contribution is -0.124. The number of ketones is 1. The lowest BCUT2D eigenvalue weighted by Crippen LogP contribution is -2.35. The van der Waals surface area contributed by atoms with E-state index in [4.69, 9.17) is 5.84 Å². The van der Waals surface area contributed by atoms with Crippen LogP contribution in [0, 0.1) is 12.8 Å². The number of hydrazine groups is 1. The van der Waals surface area contributed by atoms with Gasteiger partial charge in [0.2, 0.25) is 5.91 Å². The Bertz CT molecular complexity index is 1310. The molecule has 4 aromatic heterocycles. The number of nitrogens with one attached hydrogen (secondary N) is 1. The molecule has 166 valence electrons. The highest BCUT2D eigenvalue weighted by Crippen LogP contribution is 2.31. The number of pyridine rings is 1. The van der Waals surface area contributed by atoms with Crippen LogP contribution in [0.2, 0.25) is 0 Å². The second kappa shape index (κ2) is 8.55. The van der Waals surface area contributed by atoms with Gasteiger partial charge in [-0.25, -0.2) is 24.3 Å². The number of thiophene rings is 1. The van der Waals surface area contributed by atoms with Crippen molar-refractivity contribution >= 4 is 28.7 Å². The Labute approximate surface area is 184 Å². The molecule has 0 aromatic carbocycles. The lowest BCUT2D eigenvalue weighted by Gasteiger charge is -2.12. The van der Waals surface area contributed by atoms with Gasteiger partial charge in [-0.2, -0.15) is 0 Å². The maximum atomic E-state index is 13.5. The van der Waals surface area contributed by atoms with Crippen LogP contribution >= 0.6 is 11.3 Å². The zero-order chi connectivity index (χ0) is 23.0. The molecule has 0 aliphatic rings. The van der Waals surface area contributed by atoms with Gasteiger partial charge in [0.1, 0.15) is 11.4 Å². The number of aromatic nitrogens is 5. The molecule has 1 atom stereocenters. The Kier molecular flexibility index (Phi) is 5.80. The van der Waals surface area contributed by atoms with Gasteiger partial charge in [-0.15, -0.1) is 16.4 Å². The van der Waals surface area contributed by atoms with E-state index in [0.29, 0.717) is 11.3 Å². The Morgan fingerprint density at radius 2 is 2.06 bits per heavy atom. The molecule has 0 aliphatic carbocycles. The molecule has 12 heteroatoms. The summed E-state index contributed by atoms with van der Waals surface area (Å²) in [6.07, 6.45) is 1.23. The summed E-state index contributed by atoms with van der Waals surface area (Å²) in [6, 6.07) is 5.31. The summed E-state index contributed by atoms with van der Waals surface area (Å²) in [4.78, 5) is 31.1. The number of hydrogen-bond donors (Lipinski definition) is 2. The van der Waals surface area contributed by atoms with E-state index in [1.807, 2.05) is 24.5 Å². The van der Waals surface area contributed by atoms with Crippen molar-refractivity contribution in [3.8, 4) is 16.3 Å². The van der Waals surface area contributed by atoms with Crippen molar-refractivity contribution in [1.29, 1.82) is 0 Å². The zero-order valence-electron chi connectivity index (χ0n) is 17.1. The molecule has 3 N–H and O–H groups in total. The van der Waals surface area contributed by atoms with E-state index < -0.39 is 23.9 Å². The van der Waals surface area contributed by atoms with Gasteiger partial charge >= 0.3 is 0 Å². The van der Waals surface area contributed by atoms with Crippen molar-refractivity contribution in [2.24, 2.45) is 11.8 Å². The normalized spacial score (nSPS) is 12.4. The molecule has 0 aliphatic heterocycles. The minimum absolute atomic E-state index is 0.116. The number of amides is 1. The lowest BCUT2D eigenvalue weighted by atomic mass is 10.00. The monoisotopic (exact) mass is 459 g/mol. The van der Waals surface area contributed by atoms with Crippen LogP contribution in [0.5, 0.6) is 0 Å². The van der Waals surface area contributed by atoms with Crippen molar-refractivity contribution in [2.45, 2.75) is 26.7 Å². The molecule has 32 heavy (non-hydrogen) atoms. The summed E-state index contributed by atoms with van der Waals surface area (Å²) < 4.78 is 29.7. The first-order chi connectivity index (χ1) is 15.3. The van der Waals surface area contributed by atoms with Crippen LogP contribution in [-0.4, -0.2) is 36.1 Å². The van der Waals surface area contributed by atoms with Gasteiger partial charge in [0.05, 0.1) is 23.0 Å². The number of imidazole rings is 1. The highest BCUT2D eigenvalue weighted by molar-refractivity contribution is 7.15. The van der Waals surface area contributed by atoms with Crippen LogP contribution in [0.1, 0.15) is 40.7 Å². The molecule has 1 amide bonds. The van der Waals surface area contributed by atoms with E-state index >= 15 is 0 Å². The number of hydrogen-bond acceptors (Lipinski definition) is 7. The molecule has 0 saturated heterocycles. The van der Waals surface area contributed by atoms with Gasteiger partial charge in [-0.3, -0.25) is 19.4 Å². The summed E-state index contributed by atoms with van der Waals surface area (Å²) in [5, 5.41) is 7.39. The second-order valence-electron chi connectivity index (χ2n) is 7.27. The smallest absolute Gasteiger partial charge is 0.282 e. The molecular formula is C20H19F2N7O2S.